The van der Waals surface area contributed by atoms with Gasteiger partial charge in [-0.15, -0.1) is 0 Å². The molecule has 15 heavy (non-hydrogen) atoms. The Morgan fingerprint density at radius 1 is 1.40 bits per heavy atom. The van der Waals surface area contributed by atoms with E-state index in [9.17, 15) is 4.79 Å². The summed E-state index contributed by atoms with van der Waals surface area (Å²) in [5, 5.41) is 8.80. The molecule has 0 amide bonds. The lowest BCUT2D eigenvalue weighted by atomic mass is 10.2. The minimum absolute atomic E-state index is 0.0706. The largest absolute Gasteiger partial charge is 0.461 e. The van der Waals surface area contributed by atoms with Crippen LogP contribution in [0, 0.1) is 11.8 Å². The van der Waals surface area contributed by atoms with Crippen molar-refractivity contribution in [3.8, 4) is 0 Å². The number of hydrogen-bond acceptors (Lipinski definition) is 3. The normalized spacial score (nSPS) is 23.5. The molecule has 80 valence electrons. The first-order valence-electron chi connectivity index (χ1n) is 5.12. The number of esters is 1. The highest BCUT2D eigenvalue weighted by Crippen LogP contribution is 2.38. The molecule has 1 saturated carbocycles. The average molecular weight is 206 g/mol. The van der Waals surface area contributed by atoms with Crippen molar-refractivity contribution >= 4 is 5.97 Å². The van der Waals surface area contributed by atoms with Crippen LogP contribution in [0.1, 0.15) is 12.0 Å². The van der Waals surface area contributed by atoms with Crippen molar-refractivity contribution in [3.63, 3.8) is 0 Å². The highest BCUT2D eigenvalue weighted by atomic mass is 16.5. The van der Waals surface area contributed by atoms with Crippen molar-refractivity contribution in [1.29, 1.82) is 0 Å². The summed E-state index contributed by atoms with van der Waals surface area (Å²) in [5.41, 5.74) is 0.993. The van der Waals surface area contributed by atoms with Crippen LogP contribution >= 0.6 is 0 Å². The van der Waals surface area contributed by atoms with Crippen LogP contribution < -0.4 is 0 Å². The Balaban J connectivity index is 1.77. The molecule has 0 radical (unpaired) electrons. The van der Waals surface area contributed by atoms with E-state index in [2.05, 4.69) is 0 Å². The molecule has 0 spiro atoms. The van der Waals surface area contributed by atoms with E-state index >= 15 is 0 Å². The Labute approximate surface area is 88.7 Å². The second-order valence-corrected chi connectivity index (χ2v) is 3.88. The summed E-state index contributed by atoms with van der Waals surface area (Å²) >= 11 is 0. The first-order valence-corrected chi connectivity index (χ1v) is 5.12. The molecule has 3 nitrogen and oxygen atoms in total. The van der Waals surface area contributed by atoms with Crippen LogP contribution in [0.3, 0.4) is 0 Å². The van der Waals surface area contributed by atoms with Gasteiger partial charge in [-0.25, -0.2) is 0 Å². The second-order valence-electron chi connectivity index (χ2n) is 3.88. The van der Waals surface area contributed by atoms with Crippen molar-refractivity contribution < 1.29 is 14.6 Å². The van der Waals surface area contributed by atoms with Gasteiger partial charge in [0, 0.05) is 6.61 Å². The fourth-order valence-corrected chi connectivity index (χ4v) is 1.57. The maximum absolute atomic E-state index is 11.4. The topological polar surface area (TPSA) is 46.5 Å². The summed E-state index contributed by atoms with van der Waals surface area (Å²) in [6, 6.07) is 9.59. The minimum atomic E-state index is -0.182. The molecule has 0 aromatic heterocycles. The van der Waals surface area contributed by atoms with Crippen LogP contribution in [0.2, 0.25) is 0 Å². The van der Waals surface area contributed by atoms with Crippen LogP contribution in [0.25, 0.3) is 0 Å². The molecule has 1 aromatic carbocycles. The van der Waals surface area contributed by atoms with Gasteiger partial charge in [-0.2, -0.15) is 0 Å². The number of aliphatic hydroxyl groups is 1. The van der Waals surface area contributed by atoms with E-state index in [-0.39, 0.29) is 24.4 Å². The van der Waals surface area contributed by atoms with Crippen LogP contribution in [-0.4, -0.2) is 17.7 Å². The van der Waals surface area contributed by atoms with Gasteiger partial charge in [-0.1, -0.05) is 30.3 Å². The van der Waals surface area contributed by atoms with E-state index in [1.54, 1.807) is 0 Å². The lowest BCUT2D eigenvalue weighted by Gasteiger charge is -2.03. The zero-order valence-corrected chi connectivity index (χ0v) is 8.43. The van der Waals surface area contributed by atoms with Crippen LogP contribution in [0.4, 0.5) is 0 Å². The summed E-state index contributed by atoms with van der Waals surface area (Å²) < 4.78 is 5.13. The van der Waals surface area contributed by atoms with E-state index in [1.165, 1.54) is 0 Å². The predicted octanol–water partition coefficient (Wildman–Crippen LogP) is 1.36. The second kappa shape index (κ2) is 4.45. The number of benzene rings is 1. The third kappa shape index (κ3) is 2.57. The van der Waals surface area contributed by atoms with Crippen molar-refractivity contribution in [2.75, 3.05) is 6.61 Å². The highest BCUT2D eigenvalue weighted by Gasteiger charge is 2.43. The van der Waals surface area contributed by atoms with Gasteiger partial charge in [0.05, 0.1) is 5.92 Å². The molecule has 0 bridgehead atoms. The molecule has 1 N–H and O–H groups in total. The molecule has 0 heterocycles. The molecule has 1 aliphatic carbocycles. The van der Waals surface area contributed by atoms with Crippen LogP contribution in [-0.2, 0) is 16.1 Å². The molecule has 3 heteroatoms. The van der Waals surface area contributed by atoms with Gasteiger partial charge in [0.1, 0.15) is 6.61 Å². The average Bonchev–Trinajstić information content (AvgIpc) is 3.06. The Hall–Kier alpha value is -1.35. The van der Waals surface area contributed by atoms with Gasteiger partial charge < -0.3 is 9.84 Å². The van der Waals surface area contributed by atoms with Gasteiger partial charge in [0.25, 0.3) is 0 Å². The Morgan fingerprint density at radius 3 is 2.73 bits per heavy atom. The number of hydrogen-bond donors (Lipinski definition) is 1. The van der Waals surface area contributed by atoms with E-state index in [0.717, 1.165) is 12.0 Å². The summed E-state index contributed by atoms with van der Waals surface area (Å²) in [4.78, 5) is 11.4. The first kappa shape index (κ1) is 10.2. The molecule has 1 aliphatic rings. The number of aliphatic hydroxyl groups excluding tert-OH is 1. The zero-order chi connectivity index (χ0) is 10.7. The standard InChI is InChI=1S/C12H14O3/c13-7-10-6-11(10)12(14)15-8-9-4-2-1-3-5-9/h1-5,10-11,13H,6-8H2/t10-,11-/m0/s1. The smallest absolute Gasteiger partial charge is 0.309 e. The maximum Gasteiger partial charge on any atom is 0.309 e. The van der Waals surface area contributed by atoms with Crippen molar-refractivity contribution in [2.45, 2.75) is 13.0 Å². The van der Waals surface area contributed by atoms with Gasteiger partial charge in [0.2, 0.25) is 0 Å². The van der Waals surface area contributed by atoms with Gasteiger partial charge in [-0.3, -0.25) is 4.79 Å². The molecule has 1 fully saturated rings. The number of ether oxygens (including phenoxy) is 1. The number of carbonyl (C=O) groups is 1. The highest BCUT2D eigenvalue weighted by molar-refractivity contribution is 5.75. The quantitative estimate of drug-likeness (QED) is 0.756. The third-order valence-corrected chi connectivity index (χ3v) is 2.68. The Bertz CT molecular complexity index is 334. The van der Waals surface area contributed by atoms with Crippen LogP contribution in [0.15, 0.2) is 30.3 Å². The first-order chi connectivity index (χ1) is 7.31. The molecular formula is C12H14O3. The maximum atomic E-state index is 11.4. The van der Waals surface area contributed by atoms with Crippen molar-refractivity contribution in [2.24, 2.45) is 11.8 Å². The van der Waals surface area contributed by atoms with E-state index in [4.69, 9.17) is 9.84 Å². The lowest BCUT2D eigenvalue weighted by molar-refractivity contribution is -0.147. The molecule has 1 aromatic rings. The van der Waals surface area contributed by atoms with Gasteiger partial charge in [0.15, 0.2) is 0 Å². The number of rotatable bonds is 4. The van der Waals surface area contributed by atoms with Gasteiger partial charge in [-0.05, 0) is 17.9 Å². The van der Waals surface area contributed by atoms with Gasteiger partial charge >= 0.3 is 5.97 Å². The SMILES string of the molecule is O=C(OCc1ccccc1)[C@H]1C[C@H]1CO. The molecule has 2 rings (SSSR count). The lowest BCUT2D eigenvalue weighted by Crippen LogP contribution is -2.09. The summed E-state index contributed by atoms with van der Waals surface area (Å²) in [6.45, 7) is 0.416. The summed E-state index contributed by atoms with van der Waals surface area (Å²) in [7, 11) is 0. The molecular weight excluding hydrogens is 192 g/mol. The monoisotopic (exact) mass is 206 g/mol. The summed E-state index contributed by atoms with van der Waals surface area (Å²) in [5.74, 6) is -0.120. The predicted molar refractivity (Wildman–Crippen MR) is 54.9 cm³/mol. The van der Waals surface area contributed by atoms with Crippen molar-refractivity contribution in [3.05, 3.63) is 35.9 Å². The zero-order valence-electron chi connectivity index (χ0n) is 8.43. The van der Waals surface area contributed by atoms with E-state index < -0.39 is 0 Å². The minimum Gasteiger partial charge on any atom is -0.461 e. The Kier molecular flexibility index (Phi) is 3.02. The fraction of sp³-hybridized carbons (Fsp3) is 0.417. The molecule has 0 unspecified atom stereocenters. The summed E-state index contributed by atoms with van der Waals surface area (Å²) in [6.07, 6.45) is 0.768. The molecule has 0 saturated heterocycles. The Morgan fingerprint density at radius 2 is 2.13 bits per heavy atom. The third-order valence-electron chi connectivity index (χ3n) is 2.68. The molecule has 0 aliphatic heterocycles. The molecule has 2 atom stereocenters. The van der Waals surface area contributed by atoms with E-state index in [1.807, 2.05) is 30.3 Å². The van der Waals surface area contributed by atoms with Crippen LogP contribution in [0.5, 0.6) is 0 Å². The fourth-order valence-electron chi connectivity index (χ4n) is 1.57. The van der Waals surface area contributed by atoms with E-state index in [0.29, 0.717) is 6.61 Å². The number of carbonyl (C=O) groups excluding carboxylic acids is 1. The van der Waals surface area contributed by atoms with Crippen molar-refractivity contribution in [1.82, 2.24) is 0 Å².